The van der Waals surface area contributed by atoms with E-state index in [9.17, 15) is 50.4 Å². The van der Waals surface area contributed by atoms with Crippen LogP contribution in [0, 0.1) is 0 Å². The van der Waals surface area contributed by atoms with Gasteiger partial charge in [-0.3, -0.25) is 0 Å². The van der Waals surface area contributed by atoms with Crippen molar-refractivity contribution in [1.82, 2.24) is 0 Å². The molecular formula is C100H112Br2F12N2O20P2. The number of pyridine rings is 2. The van der Waals surface area contributed by atoms with Crippen molar-refractivity contribution >= 4 is 47.5 Å². The molecule has 2 aliphatic heterocycles. The fourth-order valence-corrected chi connectivity index (χ4v) is 18.4. The molecule has 750 valence electrons. The van der Waals surface area contributed by atoms with Crippen molar-refractivity contribution in [1.29, 1.82) is 0 Å². The summed E-state index contributed by atoms with van der Waals surface area (Å²) in [6.07, 6.45) is 8.56. The molecule has 0 fully saturated rings. The number of rotatable bonds is 5. The molecular weight excluding hydrogens is 2000 g/mol. The normalized spacial score (nSPS) is 22.3. The van der Waals surface area contributed by atoms with Gasteiger partial charge in [0, 0.05) is 66.0 Å². The van der Waals surface area contributed by atoms with E-state index in [0.717, 1.165) is 66.5 Å². The minimum atomic E-state index is -10.7. The summed E-state index contributed by atoms with van der Waals surface area (Å²) in [5.41, 5.74) is 16.0. The number of ether oxygens (including phenoxy) is 20. The number of hydrogen-bond acceptors (Lipinski definition) is 20. The average molecular weight is 2110 g/mol. The van der Waals surface area contributed by atoms with E-state index in [1.54, 1.807) is 0 Å². The predicted octanol–water partition coefficient (Wildman–Crippen LogP) is 21.6. The van der Waals surface area contributed by atoms with Crippen LogP contribution < -0.4 is 47.0 Å². The Morgan fingerprint density at radius 3 is 0.514 bits per heavy atom. The molecule has 2 aromatic heterocycles. The van der Waals surface area contributed by atoms with Gasteiger partial charge in [-0.05, 0) is 178 Å². The Balaban J connectivity index is 0.000000296. The van der Waals surface area contributed by atoms with Crippen molar-refractivity contribution in [2.45, 2.75) is 62.4 Å². The zero-order chi connectivity index (χ0) is 97.8. The van der Waals surface area contributed by atoms with E-state index >= 15 is 0 Å². The topological polar surface area (TPSA) is 192 Å². The van der Waals surface area contributed by atoms with Crippen LogP contribution in [0.4, 0.5) is 50.4 Å². The van der Waals surface area contributed by atoms with Crippen LogP contribution in [0.3, 0.4) is 0 Å². The van der Waals surface area contributed by atoms with Gasteiger partial charge in [0.05, 0.1) is 159 Å². The van der Waals surface area contributed by atoms with Gasteiger partial charge in [0.15, 0.2) is 83.9 Å². The number of halogens is 14. The fourth-order valence-electron chi connectivity index (χ4n) is 17.9. The van der Waals surface area contributed by atoms with Gasteiger partial charge in [-0.2, -0.15) is 0 Å². The van der Waals surface area contributed by atoms with Crippen molar-refractivity contribution < 1.29 is 154 Å². The van der Waals surface area contributed by atoms with Gasteiger partial charge < -0.3 is 94.7 Å². The third-order valence-corrected chi connectivity index (χ3v) is 25.2. The van der Waals surface area contributed by atoms with E-state index in [0.29, 0.717) is 205 Å². The van der Waals surface area contributed by atoms with Crippen LogP contribution in [0.15, 0.2) is 204 Å². The molecule has 0 unspecified atom stereocenters. The van der Waals surface area contributed by atoms with E-state index in [1.807, 2.05) is 0 Å². The number of nitrogens with zero attached hydrogens (tertiary/aromatic N) is 2. The molecule has 4 bridgehead atoms. The van der Waals surface area contributed by atoms with Crippen LogP contribution in [0.25, 0.3) is 11.1 Å². The summed E-state index contributed by atoms with van der Waals surface area (Å²) in [7, 11) is -21.3. The number of hydrogen-bond donors (Lipinski definition) is 0. The second kappa shape index (κ2) is 44.6. The molecule has 0 radical (unpaired) electrons. The van der Waals surface area contributed by atoms with Crippen LogP contribution in [0.5, 0.6) is 46.0 Å². The molecule has 8 aliphatic rings. The van der Waals surface area contributed by atoms with Crippen LogP contribution in [0.1, 0.15) is 106 Å². The maximum atomic E-state index is 9.87. The molecule has 138 heavy (non-hydrogen) atoms. The molecule has 0 spiro atoms. The Kier molecular flexibility index (Phi) is 33.9. The second-order valence-electron chi connectivity index (χ2n) is 33.8. The molecule has 4 heterocycles. The standard InChI is InChI=1S/C76H92O20.C24H20Br2N2.2F6P/c1-73-53-9-5-6-10-54(53)74(2)59-47-67-65(45-57(59)73)89-37-29-81-21-13-77-17-25-85-33-41-93-69-49-61-63(51-71(69)95-43-35-87-27-19-79-15-23-83-31-39-91-67)76(4)56-12-8-7-11-55(56)75(61,3)62-50-70-72(52-64(62)76)96-44-36-88-28-20-80-16-24-84-32-40-92-68-48-60(74)58(73)46-66(68)90-38-30-82-22-14-78-18-26-86-34-42-94-70;25-23-5-1-19(2-6-23)17-27-13-9-21(10-14-27)22-11-15-28(16-12-22)18-20-3-7-24(26)8-4-20;2*1-7(2,3,4,5)6/h5-12,45-52H,13-44H2,1-4H3;1-16H,17-18H2;;/q;+2;2*-1. The molecule has 18 rings (SSSR count). The van der Waals surface area contributed by atoms with E-state index in [4.69, 9.17) is 94.7 Å². The van der Waals surface area contributed by atoms with Crippen LogP contribution in [0.2, 0.25) is 0 Å². The van der Waals surface area contributed by atoms with Crippen LogP contribution in [-0.2, 0) is 91.6 Å². The summed E-state index contributed by atoms with van der Waals surface area (Å²) < 4.78 is 251. The van der Waals surface area contributed by atoms with Crippen LogP contribution in [-0.4, -0.2) is 211 Å². The van der Waals surface area contributed by atoms with E-state index < -0.39 is 37.3 Å². The van der Waals surface area contributed by atoms with Gasteiger partial charge in [0.2, 0.25) is 0 Å². The van der Waals surface area contributed by atoms with Crippen molar-refractivity contribution in [3.8, 4) is 57.1 Å². The summed E-state index contributed by atoms with van der Waals surface area (Å²) in [6.45, 7) is 21.6. The minimum absolute atomic E-state index is 0.270. The molecule has 0 amide bonds. The zero-order valence-electron chi connectivity index (χ0n) is 76.8. The summed E-state index contributed by atoms with van der Waals surface area (Å²) in [5.74, 6) is 4.81. The van der Waals surface area contributed by atoms with Gasteiger partial charge in [-0.1, -0.05) is 105 Å². The summed E-state index contributed by atoms with van der Waals surface area (Å²) in [5, 5.41) is 0. The van der Waals surface area contributed by atoms with Gasteiger partial charge in [0.25, 0.3) is 0 Å². The molecule has 0 saturated heterocycles. The molecule has 10 aromatic rings. The number of aromatic nitrogens is 2. The Hall–Kier alpha value is -9.04. The van der Waals surface area contributed by atoms with Crippen molar-refractivity contribution in [2.24, 2.45) is 0 Å². The van der Waals surface area contributed by atoms with Crippen molar-refractivity contribution in [2.75, 3.05) is 211 Å². The molecule has 6 aliphatic carbocycles. The number of fused-ring (bicyclic) bond motifs is 4. The molecule has 0 N–H and O–H groups in total. The monoisotopic (exact) mass is 2110 g/mol. The first-order valence-electron chi connectivity index (χ1n) is 45.3. The third-order valence-electron chi connectivity index (χ3n) is 24.2. The first kappa shape index (κ1) is 105. The van der Waals surface area contributed by atoms with E-state index in [2.05, 4.69) is 263 Å². The molecule has 0 atom stereocenters. The third kappa shape index (κ3) is 28.7. The quantitative estimate of drug-likeness (QED) is 0.0896. The summed E-state index contributed by atoms with van der Waals surface area (Å²) in [4.78, 5) is 0. The van der Waals surface area contributed by atoms with Gasteiger partial charge in [0.1, 0.15) is 52.9 Å². The van der Waals surface area contributed by atoms with Crippen LogP contribution >= 0.6 is 47.5 Å². The molecule has 38 heteroatoms. The Bertz CT molecular complexity index is 4980. The Morgan fingerprint density at radius 1 is 0.217 bits per heavy atom. The SMILES string of the molecule is Brc1ccc(C[n+]2ccc(-c3cc[n+](Cc4ccc(Br)cc4)cc3)cc2)cc1.CC12c3ccccc3C3(C)c4cc5c(cc41)OCCOCCOCCOCCOc1cc4c(cc1OCCOCCOCCOCCO5)C1(C)c5ccccc5C4(C)c4cc5c(cc41)OCCOCCOCCOCCOc1cc3c2cc1OCCOCCOCCOCCO5.F[P-](F)(F)(F)(F)F.F[P-](F)(F)(F)(F)F. The Labute approximate surface area is 809 Å². The van der Waals surface area contributed by atoms with Crippen molar-refractivity contribution in [3.63, 3.8) is 0 Å². The predicted molar refractivity (Wildman–Crippen MR) is 501 cm³/mol. The average Bonchev–Trinajstić information content (AvgIpc) is 0.664. The van der Waals surface area contributed by atoms with Gasteiger partial charge >= 0.3 is 66.0 Å². The summed E-state index contributed by atoms with van der Waals surface area (Å²) >= 11 is 6.96. The molecule has 8 aromatic carbocycles. The maximum absolute atomic E-state index is 10.7. The first-order valence-corrected chi connectivity index (χ1v) is 50.9. The van der Waals surface area contributed by atoms with Crippen molar-refractivity contribution in [3.05, 3.63) is 281 Å². The first-order chi connectivity index (χ1) is 65.8. The Morgan fingerprint density at radius 2 is 0.362 bits per heavy atom. The molecule has 0 saturated carbocycles. The number of benzene rings is 8. The van der Waals surface area contributed by atoms with E-state index in [1.165, 1.54) is 44.5 Å². The second-order valence-corrected chi connectivity index (χ2v) is 39.5. The zero-order valence-corrected chi connectivity index (χ0v) is 81.7. The van der Waals surface area contributed by atoms with Gasteiger partial charge in [-0.25, -0.2) is 9.13 Å². The van der Waals surface area contributed by atoms with Gasteiger partial charge in [-0.15, -0.1) is 0 Å². The fraction of sp³-hybridized carbons (Fsp3) is 0.420. The summed E-state index contributed by atoms with van der Waals surface area (Å²) in [6, 6.07) is 60.2. The van der Waals surface area contributed by atoms with E-state index in [-0.39, 0.29) is 52.9 Å². The molecule has 22 nitrogen and oxygen atoms in total.